The lowest BCUT2D eigenvalue weighted by molar-refractivity contribution is -0.131. The predicted molar refractivity (Wildman–Crippen MR) is 81.9 cm³/mol. The second-order valence-electron chi connectivity index (χ2n) is 4.83. The third-order valence-corrected chi connectivity index (χ3v) is 3.79. The van der Waals surface area contributed by atoms with Crippen molar-refractivity contribution >= 4 is 29.3 Å². The van der Waals surface area contributed by atoms with E-state index in [0.29, 0.717) is 18.1 Å². The van der Waals surface area contributed by atoms with Crippen molar-refractivity contribution < 1.29 is 19.4 Å². The molecule has 6 heteroatoms. The summed E-state index contributed by atoms with van der Waals surface area (Å²) in [5, 5.41) is 9.35. The highest BCUT2D eigenvalue weighted by Crippen LogP contribution is 2.30. The van der Waals surface area contributed by atoms with Crippen LogP contribution >= 0.6 is 11.6 Å². The van der Waals surface area contributed by atoms with Gasteiger partial charge in [-0.25, -0.2) is 4.79 Å². The lowest BCUT2D eigenvalue weighted by Gasteiger charge is -2.20. The van der Waals surface area contributed by atoms with E-state index in [-0.39, 0.29) is 12.2 Å². The van der Waals surface area contributed by atoms with E-state index in [1.807, 2.05) is 6.07 Å². The quantitative estimate of drug-likeness (QED) is 0.846. The molecule has 2 atom stereocenters. The Morgan fingerprint density at radius 1 is 1.33 bits per heavy atom. The largest absolute Gasteiger partial charge is 0.478 e. The maximum Gasteiger partial charge on any atom is 0.328 e. The van der Waals surface area contributed by atoms with Crippen molar-refractivity contribution in [3.05, 3.63) is 34.9 Å². The molecule has 5 nitrogen and oxygen atoms in total. The second-order valence-corrected chi connectivity index (χ2v) is 5.26. The number of benzene rings is 1. The van der Waals surface area contributed by atoms with Crippen molar-refractivity contribution in [3.63, 3.8) is 0 Å². The highest BCUT2D eigenvalue weighted by atomic mass is 35.5. The van der Waals surface area contributed by atoms with Gasteiger partial charge in [0.15, 0.2) is 0 Å². The molecule has 21 heavy (non-hydrogen) atoms. The van der Waals surface area contributed by atoms with Crippen LogP contribution in [0.15, 0.2) is 24.3 Å². The number of carboxylic acid groups (broad SMARTS) is 1. The Morgan fingerprint density at radius 2 is 1.95 bits per heavy atom. The molecule has 1 aliphatic heterocycles. The summed E-state index contributed by atoms with van der Waals surface area (Å²) < 4.78 is 10.8. The van der Waals surface area contributed by atoms with Crippen LogP contribution in [0.2, 0.25) is 5.02 Å². The first-order chi connectivity index (χ1) is 10.0. The first-order valence-corrected chi connectivity index (χ1v) is 6.94. The SMILES string of the molecule is COC1CN(c2ccc(Cl)cc2/C=C/C(=O)O)CC1OC. The zero-order chi connectivity index (χ0) is 15.4. The number of methoxy groups -OCH3 is 2. The molecule has 1 fully saturated rings. The average molecular weight is 312 g/mol. The van der Waals surface area contributed by atoms with Crippen molar-refractivity contribution in [2.75, 3.05) is 32.2 Å². The monoisotopic (exact) mass is 311 g/mol. The fourth-order valence-electron chi connectivity index (χ4n) is 2.50. The van der Waals surface area contributed by atoms with Gasteiger partial charge in [-0.05, 0) is 29.8 Å². The van der Waals surface area contributed by atoms with E-state index in [2.05, 4.69) is 4.90 Å². The van der Waals surface area contributed by atoms with Gasteiger partial charge < -0.3 is 19.5 Å². The van der Waals surface area contributed by atoms with Crippen LogP contribution in [0, 0.1) is 0 Å². The van der Waals surface area contributed by atoms with Gasteiger partial charge in [-0.15, -0.1) is 0 Å². The van der Waals surface area contributed by atoms with Gasteiger partial charge in [-0.3, -0.25) is 0 Å². The minimum Gasteiger partial charge on any atom is -0.478 e. The molecule has 114 valence electrons. The summed E-state index contributed by atoms with van der Waals surface area (Å²) in [7, 11) is 3.32. The number of anilines is 1. The van der Waals surface area contributed by atoms with Crippen LogP contribution in [-0.2, 0) is 14.3 Å². The van der Waals surface area contributed by atoms with E-state index in [4.69, 9.17) is 26.2 Å². The van der Waals surface area contributed by atoms with Crippen LogP contribution < -0.4 is 4.90 Å². The Balaban J connectivity index is 2.29. The number of ether oxygens (including phenoxy) is 2. The van der Waals surface area contributed by atoms with Crippen LogP contribution in [0.3, 0.4) is 0 Å². The summed E-state index contributed by atoms with van der Waals surface area (Å²) in [4.78, 5) is 12.8. The molecule has 1 aromatic rings. The van der Waals surface area contributed by atoms with Gasteiger partial charge in [0.25, 0.3) is 0 Å². The van der Waals surface area contributed by atoms with Gasteiger partial charge in [0.1, 0.15) is 12.2 Å². The number of hydrogen-bond donors (Lipinski definition) is 1. The number of nitrogens with zero attached hydrogens (tertiary/aromatic N) is 1. The van der Waals surface area contributed by atoms with Gasteiger partial charge >= 0.3 is 5.97 Å². The minimum absolute atomic E-state index is 0.0121. The smallest absolute Gasteiger partial charge is 0.328 e. The van der Waals surface area contributed by atoms with Crippen LogP contribution in [0.1, 0.15) is 5.56 Å². The minimum atomic E-state index is -0.994. The molecule has 1 aliphatic rings. The number of carboxylic acids is 1. The molecule has 1 aromatic carbocycles. The number of halogens is 1. The van der Waals surface area contributed by atoms with Crippen molar-refractivity contribution in [2.45, 2.75) is 12.2 Å². The summed E-state index contributed by atoms with van der Waals surface area (Å²) in [5.74, 6) is -0.994. The van der Waals surface area contributed by atoms with Crippen molar-refractivity contribution in [2.24, 2.45) is 0 Å². The third kappa shape index (κ3) is 3.75. The molecule has 1 N–H and O–H groups in total. The third-order valence-electron chi connectivity index (χ3n) is 3.56. The molecule has 2 unspecified atom stereocenters. The van der Waals surface area contributed by atoms with Gasteiger partial charge in [0.2, 0.25) is 0 Å². The molecular weight excluding hydrogens is 294 g/mol. The highest BCUT2D eigenvalue weighted by Gasteiger charge is 2.33. The van der Waals surface area contributed by atoms with Crippen LogP contribution in [-0.4, -0.2) is 50.6 Å². The maximum absolute atomic E-state index is 10.7. The Bertz CT molecular complexity index is 534. The molecule has 0 spiro atoms. The molecular formula is C15H18ClNO4. The summed E-state index contributed by atoms with van der Waals surface area (Å²) in [6.45, 7) is 1.37. The molecule has 1 saturated heterocycles. The molecule has 0 saturated carbocycles. The lowest BCUT2D eigenvalue weighted by Crippen LogP contribution is -2.27. The lowest BCUT2D eigenvalue weighted by atomic mass is 10.1. The second kappa shape index (κ2) is 6.93. The number of hydrogen-bond acceptors (Lipinski definition) is 4. The average Bonchev–Trinajstić information content (AvgIpc) is 2.88. The van der Waals surface area contributed by atoms with E-state index in [1.165, 1.54) is 0 Å². The van der Waals surface area contributed by atoms with E-state index in [1.54, 1.807) is 32.4 Å². The summed E-state index contributed by atoms with van der Waals surface area (Å²) in [6, 6.07) is 5.42. The standard InChI is InChI=1S/C15H18ClNO4/c1-20-13-8-17(9-14(13)21-2)12-5-4-11(16)7-10(12)3-6-15(18)19/h3-7,13-14H,8-9H2,1-2H3,(H,18,19)/b6-3+. The van der Waals surface area contributed by atoms with Gasteiger partial charge in [0.05, 0.1) is 0 Å². The number of aliphatic carboxylic acids is 1. The van der Waals surface area contributed by atoms with Gasteiger partial charge in [-0.1, -0.05) is 11.6 Å². The summed E-state index contributed by atoms with van der Waals surface area (Å²) >= 11 is 6.00. The zero-order valence-corrected chi connectivity index (χ0v) is 12.7. The zero-order valence-electron chi connectivity index (χ0n) is 12.0. The Hall–Kier alpha value is -1.56. The summed E-state index contributed by atoms with van der Waals surface area (Å²) in [6.07, 6.45) is 2.63. The Kier molecular flexibility index (Phi) is 5.22. The molecule has 0 aromatic heterocycles. The molecule has 0 amide bonds. The van der Waals surface area contributed by atoms with Crippen LogP contribution in [0.4, 0.5) is 5.69 Å². The van der Waals surface area contributed by atoms with Crippen LogP contribution in [0.25, 0.3) is 6.08 Å². The molecule has 2 rings (SSSR count). The van der Waals surface area contributed by atoms with Crippen molar-refractivity contribution in [1.29, 1.82) is 0 Å². The normalized spacial score (nSPS) is 22.1. The van der Waals surface area contributed by atoms with E-state index < -0.39 is 5.97 Å². The highest BCUT2D eigenvalue weighted by molar-refractivity contribution is 6.30. The number of rotatable bonds is 5. The predicted octanol–water partition coefficient (Wildman–Crippen LogP) is 2.29. The molecule has 1 heterocycles. The van der Waals surface area contributed by atoms with E-state index >= 15 is 0 Å². The fraction of sp³-hybridized carbons (Fsp3) is 0.400. The molecule has 0 bridgehead atoms. The first-order valence-electron chi connectivity index (χ1n) is 6.56. The molecule has 0 aliphatic carbocycles. The summed E-state index contributed by atoms with van der Waals surface area (Å²) in [5.41, 5.74) is 1.68. The Labute approximate surface area is 128 Å². The fourth-order valence-corrected chi connectivity index (χ4v) is 2.68. The first kappa shape index (κ1) is 15.8. The van der Waals surface area contributed by atoms with E-state index in [9.17, 15) is 4.79 Å². The number of carbonyl (C=O) groups is 1. The maximum atomic E-state index is 10.7. The Morgan fingerprint density at radius 3 is 2.48 bits per heavy atom. The van der Waals surface area contributed by atoms with Gasteiger partial charge in [-0.2, -0.15) is 0 Å². The topological polar surface area (TPSA) is 59.0 Å². The van der Waals surface area contributed by atoms with Crippen LogP contribution in [0.5, 0.6) is 0 Å². The van der Waals surface area contributed by atoms with Crippen molar-refractivity contribution in [1.82, 2.24) is 0 Å². The van der Waals surface area contributed by atoms with E-state index in [0.717, 1.165) is 17.3 Å². The molecule has 0 radical (unpaired) electrons. The van der Waals surface area contributed by atoms with Crippen molar-refractivity contribution in [3.8, 4) is 0 Å². The van der Waals surface area contributed by atoms with Gasteiger partial charge in [0, 0.05) is 44.1 Å².